The topological polar surface area (TPSA) is 70.1 Å². The predicted octanol–water partition coefficient (Wildman–Crippen LogP) is 2.29. The van der Waals surface area contributed by atoms with Gasteiger partial charge in [0, 0.05) is 6.42 Å². The van der Waals surface area contributed by atoms with Gasteiger partial charge in [-0.3, -0.25) is 4.79 Å². The summed E-state index contributed by atoms with van der Waals surface area (Å²) in [4.78, 5) is 13.3. The summed E-state index contributed by atoms with van der Waals surface area (Å²) in [6.07, 6.45) is 5.97. The molecule has 4 nitrogen and oxygen atoms in total. The van der Waals surface area contributed by atoms with Crippen molar-refractivity contribution in [1.82, 2.24) is 4.90 Å². The van der Waals surface area contributed by atoms with Crippen LogP contribution >= 0.6 is 0 Å². The number of unbranched alkanes of at least 4 members (excludes halogenated alkanes) is 1. The summed E-state index contributed by atoms with van der Waals surface area (Å²) in [7, 11) is 0. The van der Waals surface area contributed by atoms with Crippen LogP contribution in [0, 0.1) is 22.7 Å². The van der Waals surface area contributed by atoms with E-state index in [1.54, 1.807) is 0 Å². The molecule has 1 rings (SSSR count). The van der Waals surface area contributed by atoms with Gasteiger partial charge < -0.3 is 10.6 Å². The van der Waals surface area contributed by atoms with Crippen LogP contribution in [0.2, 0.25) is 0 Å². The predicted molar refractivity (Wildman–Crippen MR) is 76.2 cm³/mol. The molecule has 0 aliphatic carbocycles. The Morgan fingerprint density at radius 2 is 2.00 bits per heavy atom. The maximum absolute atomic E-state index is 10.9. The summed E-state index contributed by atoms with van der Waals surface area (Å²) in [6, 6.07) is 2.35. The number of carbonyl (C=O) groups is 1. The average Bonchev–Trinajstić information content (AvgIpc) is 2.36. The first-order valence-corrected chi connectivity index (χ1v) is 7.35. The van der Waals surface area contributed by atoms with Gasteiger partial charge in [0.2, 0.25) is 5.91 Å². The van der Waals surface area contributed by atoms with E-state index in [1.165, 1.54) is 0 Å². The lowest BCUT2D eigenvalue weighted by Gasteiger charge is -2.31. The molecule has 1 heterocycles. The molecule has 1 saturated heterocycles. The second kappa shape index (κ2) is 7.49. The van der Waals surface area contributed by atoms with Gasteiger partial charge in [0.25, 0.3) is 0 Å². The van der Waals surface area contributed by atoms with E-state index in [9.17, 15) is 4.79 Å². The minimum Gasteiger partial charge on any atom is -0.370 e. The van der Waals surface area contributed by atoms with Crippen LogP contribution in [-0.4, -0.2) is 30.4 Å². The zero-order valence-corrected chi connectivity index (χ0v) is 12.3. The van der Waals surface area contributed by atoms with Crippen LogP contribution in [-0.2, 0) is 4.79 Å². The van der Waals surface area contributed by atoms with E-state index >= 15 is 0 Å². The lowest BCUT2D eigenvalue weighted by molar-refractivity contribution is -0.119. The van der Waals surface area contributed by atoms with Crippen molar-refractivity contribution in [2.24, 2.45) is 17.1 Å². The normalized spacial score (nSPS) is 18.2. The lowest BCUT2D eigenvalue weighted by Crippen LogP contribution is -2.35. The van der Waals surface area contributed by atoms with Gasteiger partial charge in [0.15, 0.2) is 0 Å². The third-order valence-corrected chi connectivity index (χ3v) is 4.03. The Balaban J connectivity index is 2.10. The number of likely N-dealkylation sites (tertiary alicyclic amines) is 1. The molecule has 0 atom stereocenters. The fourth-order valence-electron chi connectivity index (χ4n) is 2.66. The molecule has 0 unspecified atom stereocenters. The minimum absolute atomic E-state index is 0.169. The van der Waals surface area contributed by atoms with Crippen LogP contribution in [0.3, 0.4) is 0 Å². The fraction of sp³-hybridized carbons (Fsp3) is 0.867. The third-order valence-electron chi connectivity index (χ3n) is 4.03. The summed E-state index contributed by atoms with van der Waals surface area (Å²) in [5.41, 5.74) is 5.05. The first kappa shape index (κ1) is 16.0. The molecule has 1 aliphatic rings. The van der Waals surface area contributed by atoms with Gasteiger partial charge in [-0.2, -0.15) is 5.26 Å². The summed E-state index contributed by atoms with van der Waals surface area (Å²) < 4.78 is 0. The second-order valence-electron chi connectivity index (χ2n) is 6.41. The summed E-state index contributed by atoms with van der Waals surface area (Å²) in [5, 5.41) is 8.95. The standard InChI is InChI=1S/C15H27N3O/c1-15(2,12-16)7-3-4-8-18-9-5-13(6-10-18)11-14(17)19/h13H,3-11H2,1-2H3,(H2,17,19). The lowest BCUT2D eigenvalue weighted by atomic mass is 9.89. The van der Waals surface area contributed by atoms with Gasteiger partial charge in [-0.1, -0.05) is 6.42 Å². The molecule has 1 fully saturated rings. The van der Waals surface area contributed by atoms with Gasteiger partial charge in [-0.25, -0.2) is 0 Å². The van der Waals surface area contributed by atoms with E-state index in [0.717, 1.165) is 51.7 Å². The smallest absolute Gasteiger partial charge is 0.217 e. The molecule has 1 amide bonds. The van der Waals surface area contributed by atoms with Gasteiger partial charge in [0.1, 0.15) is 0 Å². The Kier molecular flexibility index (Phi) is 6.30. The Morgan fingerprint density at radius 3 is 2.53 bits per heavy atom. The van der Waals surface area contributed by atoms with Gasteiger partial charge in [0.05, 0.1) is 11.5 Å². The molecule has 2 N–H and O–H groups in total. The van der Waals surface area contributed by atoms with Gasteiger partial charge in [-0.05, 0) is 65.1 Å². The van der Waals surface area contributed by atoms with E-state index in [4.69, 9.17) is 11.0 Å². The molecule has 0 aromatic carbocycles. The number of nitrogens with zero attached hydrogens (tertiary/aromatic N) is 2. The monoisotopic (exact) mass is 265 g/mol. The van der Waals surface area contributed by atoms with Crippen molar-refractivity contribution in [3.05, 3.63) is 0 Å². The van der Waals surface area contributed by atoms with Crippen LogP contribution in [0.4, 0.5) is 0 Å². The fourth-order valence-corrected chi connectivity index (χ4v) is 2.66. The van der Waals surface area contributed by atoms with E-state index in [0.29, 0.717) is 12.3 Å². The number of hydrogen-bond acceptors (Lipinski definition) is 3. The quantitative estimate of drug-likeness (QED) is 0.718. The van der Waals surface area contributed by atoms with Crippen molar-refractivity contribution in [2.75, 3.05) is 19.6 Å². The molecule has 0 bridgehead atoms. The molecular weight excluding hydrogens is 238 g/mol. The molecule has 19 heavy (non-hydrogen) atoms. The highest BCUT2D eigenvalue weighted by atomic mass is 16.1. The van der Waals surface area contributed by atoms with Crippen LogP contribution in [0.15, 0.2) is 0 Å². The van der Waals surface area contributed by atoms with Crippen molar-refractivity contribution in [3.8, 4) is 6.07 Å². The van der Waals surface area contributed by atoms with E-state index in [-0.39, 0.29) is 11.3 Å². The highest BCUT2D eigenvalue weighted by Gasteiger charge is 2.20. The number of piperidine rings is 1. The first-order chi connectivity index (χ1) is 8.93. The molecule has 0 radical (unpaired) electrons. The Hall–Kier alpha value is -1.08. The van der Waals surface area contributed by atoms with Crippen LogP contribution in [0.25, 0.3) is 0 Å². The molecule has 0 aromatic rings. The minimum atomic E-state index is -0.186. The molecule has 4 heteroatoms. The maximum atomic E-state index is 10.9. The van der Waals surface area contributed by atoms with E-state index in [1.807, 2.05) is 13.8 Å². The average molecular weight is 265 g/mol. The Morgan fingerprint density at radius 1 is 1.37 bits per heavy atom. The molecule has 0 saturated carbocycles. The van der Waals surface area contributed by atoms with Gasteiger partial charge >= 0.3 is 0 Å². The number of amides is 1. The number of primary amides is 1. The molecular formula is C15H27N3O. The highest BCUT2D eigenvalue weighted by Crippen LogP contribution is 2.23. The maximum Gasteiger partial charge on any atom is 0.217 e. The molecule has 0 spiro atoms. The van der Waals surface area contributed by atoms with E-state index < -0.39 is 0 Å². The van der Waals surface area contributed by atoms with Crippen molar-refractivity contribution in [1.29, 1.82) is 5.26 Å². The van der Waals surface area contributed by atoms with Gasteiger partial charge in [-0.15, -0.1) is 0 Å². The van der Waals surface area contributed by atoms with Crippen LogP contribution < -0.4 is 5.73 Å². The van der Waals surface area contributed by atoms with Crippen molar-refractivity contribution >= 4 is 5.91 Å². The Labute approximate surface area is 116 Å². The third kappa shape index (κ3) is 6.58. The molecule has 108 valence electrons. The SMILES string of the molecule is CC(C)(C#N)CCCCN1CCC(CC(N)=O)CC1. The largest absolute Gasteiger partial charge is 0.370 e. The van der Waals surface area contributed by atoms with Crippen molar-refractivity contribution < 1.29 is 4.79 Å². The number of nitrogens with two attached hydrogens (primary N) is 1. The van der Waals surface area contributed by atoms with E-state index in [2.05, 4.69) is 11.0 Å². The first-order valence-electron chi connectivity index (χ1n) is 7.35. The van der Waals surface area contributed by atoms with Crippen LogP contribution in [0.5, 0.6) is 0 Å². The van der Waals surface area contributed by atoms with Crippen molar-refractivity contribution in [3.63, 3.8) is 0 Å². The number of nitriles is 1. The Bertz CT molecular complexity index is 325. The molecule has 0 aromatic heterocycles. The molecule has 1 aliphatic heterocycles. The van der Waals surface area contributed by atoms with Crippen molar-refractivity contribution in [2.45, 2.75) is 52.4 Å². The zero-order valence-electron chi connectivity index (χ0n) is 12.3. The second-order valence-corrected chi connectivity index (χ2v) is 6.41. The summed E-state index contributed by atoms with van der Waals surface area (Å²) in [6.45, 7) is 7.29. The number of rotatable bonds is 7. The number of carbonyl (C=O) groups excluding carboxylic acids is 1. The number of hydrogen-bond donors (Lipinski definition) is 1. The van der Waals surface area contributed by atoms with Crippen LogP contribution in [0.1, 0.15) is 52.4 Å². The summed E-state index contributed by atoms with van der Waals surface area (Å²) in [5.74, 6) is 0.323. The summed E-state index contributed by atoms with van der Waals surface area (Å²) >= 11 is 0. The zero-order chi connectivity index (χ0) is 14.3. The highest BCUT2D eigenvalue weighted by molar-refractivity contribution is 5.73.